The number of fused-ring (bicyclic) bond motifs is 3. The number of para-hydroxylation sites is 1. The number of benzene rings is 2. The van der Waals surface area contributed by atoms with Crippen molar-refractivity contribution in [2.75, 3.05) is 18.9 Å². The maximum absolute atomic E-state index is 14.0. The molecule has 5 rings (SSSR count). The van der Waals surface area contributed by atoms with E-state index in [1.54, 1.807) is 6.07 Å². The van der Waals surface area contributed by atoms with E-state index in [9.17, 15) is 18.8 Å². The molecule has 0 unspecified atom stereocenters. The molecule has 1 aromatic heterocycles. The molecule has 1 fully saturated rings. The van der Waals surface area contributed by atoms with Crippen molar-refractivity contribution in [3.05, 3.63) is 76.0 Å². The molecule has 8 nitrogen and oxygen atoms in total. The van der Waals surface area contributed by atoms with E-state index in [1.807, 2.05) is 38.1 Å². The van der Waals surface area contributed by atoms with Crippen LogP contribution in [0.1, 0.15) is 42.7 Å². The minimum atomic E-state index is -1.01. The van der Waals surface area contributed by atoms with Crippen molar-refractivity contribution in [1.82, 2.24) is 14.8 Å². The first-order valence-electron chi connectivity index (χ1n) is 12.4. The third-order valence-corrected chi connectivity index (χ3v) is 7.85. The van der Waals surface area contributed by atoms with Crippen LogP contribution < -0.4 is 5.32 Å². The number of carbonyl (C=O) groups excluding carboxylic acids is 3. The number of likely N-dealkylation sites (tertiary alicyclic amines) is 1. The van der Waals surface area contributed by atoms with E-state index in [-0.39, 0.29) is 41.4 Å². The molecule has 0 radical (unpaired) electrons. The molecule has 2 aliphatic rings. The van der Waals surface area contributed by atoms with E-state index in [2.05, 4.69) is 15.1 Å². The average Bonchev–Trinajstić information content (AvgIpc) is 3.56. The van der Waals surface area contributed by atoms with Crippen LogP contribution in [-0.4, -0.2) is 58.3 Å². The largest absolute Gasteiger partial charge is 0.350 e. The molecule has 38 heavy (non-hydrogen) atoms. The van der Waals surface area contributed by atoms with Gasteiger partial charge in [-0.05, 0) is 42.2 Å². The van der Waals surface area contributed by atoms with Crippen LogP contribution in [0.25, 0.3) is 15.7 Å². The molecule has 3 atom stereocenters. The Bertz CT molecular complexity index is 1510. The summed E-state index contributed by atoms with van der Waals surface area (Å²) in [5.41, 5.74) is 1.00. The molecule has 1 saturated heterocycles. The number of carbonyl (C=O) groups is 3. The van der Waals surface area contributed by atoms with Gasteiger partial charge in [-0.15, -0.1) is 0 Å². The second-order valence-corrected chi connectivity index (χ2v) is 10.9. The monoisotopic (exact) mass is 535 g/mol. The lowest BCUT2D eigenvalue weighted by Crippen LogP contribution is -2.51. The number of anilines is 1. The number of likely N-dealkylation sites (N-methyl/N-ethyl adjacent to an activating group) is 1. The quantitative estimate of drug-likeness (QED) is 0.459. The Labute approximate surface area is 224 Å². The van der Waals surface area contributed by atoms with Crippen molar-refractivity contribution in [3.8, 4) is 0 Å². The average molecular weight is 536 g/mol. The van der Waals surface area contributed by atoms with Crippen LogP contribution in [0.5, 0.6) is 0 Å². The number of nitrogens with one attached hydrogen (secondary N) is 2. The van der Waals surface area contributed by atoms with Crippen LogP contribution in [0, 0.1) is 18.3 Å². The highest BCUT2D eigenvalue weighted by Gasteiger charge is 2.59. The van der Waals surface area contributed by atoms with Gasteiger partial charge in [0, 0.05) is 24.7 Å². The molecular weight excluding hydrogens is 509 g/mol. The molecule has 0 bridgehead atoms. The number of halogens is 2. The fraction of sp³-hybridized carbons (Fsp3) is 0.357. The van der Waals surface area contributed by atoms with Gasteiger partial charge in [0.05, 0.1) is 17.0 Å². The summed E-state index contributed by atoms with van der Waals surface area (Å²) in [6.45, 7) is 11.7. The fourth-order valence-corrected chi connectivity index (χ4v) is 5.89. The van der Waals surface area contributed by atoms with Gasteiger partial charge in [-0.3, -0.25) is 24.1 Å². The van der Waals surface area contributed by atoms with Gasteiger partial charge >= 0.3 is 6.17 Å². The van der Waals surface area contributed by atoms with E-state index < -0.39 is 29.3 Å². The van der Waals surface area contributed by atoms with Crippen LogP contribution in [-0.2, 0) is 15.0 Å². The smallest absolute Gasteiger partial charge is 0.302 e. The number of amides is 3. The van der Waals surface area contributed by atoms with Crippen LogP contribution in [0.2, 0.25) is 5.02 Å². The SMILES string of the molecule is [C-]#[N+][C@@H]1C[C@@]2(CN1C(=O)[C@H](CC(C)C)N(C)C(=O)c1cc3c(Cl)cc(F)cc3[nH]1)C(=O)Nc1ccccc12. The topological polar surface area (TPSA) is 89.9 Å². The molecule has 2 N–H and O–H groups in total. The highest BCUT2D eigenvalue weighted by atomic mass is 35.5. The molecule has 3 heterocycles. The van der Waals surface area contributed by atoms with Crippen molar-refractivity contribution in [2.24, 2.45) is 5.92 Å². The summed E-state index contributed by atoms with van der Waals surface area (Å²) < 4.78 is 13.8. The molecule has 10 heteroatoms. The molecule has 1 spiro atoms. The second-order valence-electron chi connectivity index (χ2n) is 10.5. The normalized spacial score (nSPS) is 21.0. The maximum atomic E-state index is 14.0. The van der Waals surface area contributed by atoms with Crippen molar-refractivity contribution in [1.29, 1.82) is 0 Å². The first-order valence-corrected chi connectivity index (χ1v) is 12.8. The van der Waals surface area contributed by atoms with Gasteiger partial charge in [0.2, 0.25) is 5.91 Å². The minimum absolute atomic E-state index is 0.0552. The standard InChI is InChI=1S/C28H27ClFN5O3/c1-15(2)9-23(34(4)25(36)22-12-17-19(29)10-16(30)11-21(17)32-22)26(37)35-14-28(13-24(35)31-3)18-7-5-6-8-20(18)33-27(28)38/h5-8,10-12,15,23-24,32H,9,13-14H2,1-2,4H3,(H,33,38)/t23-,24-,28-/m0/s1. The van der Waals surface area contributed by atoms with Gasteiger partial charge in [-0.25, -0.2) is 11.0 Å². The third kappa shape index (κ3) is 4.09. The summed E-state index contributed by atoms with van der Waals surface area (Å²) >= 11 is 6.16. The number of hydrogen-bond donors (Lipinski definition) is 2. The Morgan fingerprint density at radius 1 is 1.29 bits per heavy atom. The molecule has 196 valence electrons. The Hall–Kier alpha value is -3.90. The number of aromatic amines is 1. The van der Waals surface area contributed by atoms with Crippen molar-refractivity contribution in [2.45, 2.75) is 44.3 Å². The van der Waals surface area contributed by atoms with E-state index in [0.717, 1.165) is 5.56 Å². The Balaban J connectivity index is 1.46. The molecule has 2 aliphatic heterocycles. The molecule has 3 amide bonds. The summed E-state index contributed by atoms with van der Waals surface area (Å²) in [5.74, 6) is -1.55. The molecule has 0 aliphatic carbocycles. The molecular formula is C28H27ClFN5O3. The van der Waals surface area contributed by atoms with E-state index >= 15 is 0 Å². The van der Waals surface area contributed by atoms with Gasteiger partial charge in [0.15, 0.2) is 0 Å². The second kappa shape index (κ2) is 9.44. The number of H-pyrrole nitrogens is 1. The number of aromatic nitrogens is 1. The zero-order valence-corrected chi connectivity index (χ0v) is 22.0. The number of hydrogen-bond acceptors (Lipinski definition) is 3. The molecule has 3 aromatic rings. The zero-order valence-electron chi connectivity index (χ0n) is 21.2. The van der Waals surface area contributed by atoms with Gasteiger partial charge in [0.1, 0.15) is 23.0 Å². The van der Waals surface area contributed by atoms with Gasteiger partial charge in [0.25, 0.3) is 11.8 Å². The van der Waals surface area contributed by atoms with Crippen LogP contribution in [0.15, 0.2) is 42.5 Å². The Morgan fingerprint density at radius 2 is 2.03 bits per heavy atom. The van der Waals surface area contributed by atoms with E-state index in [0.29, 0.717) is 23.0 Å². The minimum Gasteiger partial charge on any atom is -0.350 e. The first-order chi connectivity index (χ1) is 18.1. The van der Waals surface area contributed by atoms with Gasteiger partial charge in [-0.2, -0.15) is 0 Å². The van der Waals surface area contributed by atoms with Crippen LogP contribution in [0.4, 0.5) is 10.1 Å². The summed E-state index contributed by atoms with van der Waals surface area (Å²) in [7, 11) is 1.54. The predicted octanol–water partition coefficient (Wildman–Crippen LogP) is 4.81. The summed E-state index contributed by atoms with van der Waals surface area (Å²) in [6.07, 6.45) is -0.302. The maximum Gasteiger partial charge on any atom is 0.302 e. The van der Waals surface area contributed by atoms with Crippen molar-refractivity contribution in [3.63, 3.8) is 0 Å². The van der Waals surface area contributed by atoms with E-state index in [1.165, 1.54) is 29.0 Å². The van der Waals surface area contributed by atoms with E-state index in [4.69, 9.17) is 18.2 Å². The predicted molar refractivity (Wildman–Crippen MR) is 142 cm³/mol. The lowest BCUT2D eigenvalue weighted by molar-refractivity contribution is -0.136. The fourth-order valence-electron chi connectivity index (χ4n) is 5.63. The molecule has 0 saturated carbocycles. The summed E-state index contributed by atoms with van der Waals surface area (Å²) in [4.78, 5) is 50.1. The van der Waals surface area contributed by atoms with Crippen LogP contribution >= 0.6 is 11.6 Å². The summed E-state index contributed by atoms with van der Waals surface area (Å²) in [6, 6.07) is 10.4. The lowest BCUT2D eigenvalue weighted by Gasteiger charge is -2.32. The summed E-state index contributed by atoms with van der Waals surface area (Å²) in [5, 5.41) is 3.56. The zero-order chi connectivity index (χ0) is 27.4. The van der Waals surface area contributed by atoms with Crippen molar-refractivity contribution < 1.29 is 18.8 Å². The Morgan fingerprint density at radius 3 is 2.74 bits per heavy atom. The lowest BCUT2D eigenvalue weighted by atomic mass is 9.80. The number of rotatable bonds is 5. The number of nitrogens with zero attached hydrogens (tertiary/aromatic N) is 3. The van der Waals surface area contributed by atoms with Crippen LogP contribution in [0.3, 0.4) is 0 Å². The third-order valence-electron chi connectivity index (χ3n) is 7.54. The molecule has 2 aromatic carbocycles. The van der Waals surface area contributed by atoms with Gasteiger partial charge in [-0.1, -0.05) is 43.6 Å². The Kier molecular flexibility index (Phi) is 6.40. The highest BCUT2D eigenvalue weighted by Crippen LogP contribution is 2.47. The first kappa shape index (κ1) is 25.7. The highest BCUT2D eigenvalue weighted by molar-refractivity contribution is 6.35. The van der Waals surface area contributed by atoms with Crippen molar-refractivity contribution >= 4 is 45.9 Å². The van der Waals surface area contributed by atoms with Gasteiger partial charge < -0.3 is 15.2 Å².